The van der Waals surface area contributed by atoms with Gasteiger partial charge >= 0.3 is 11.7 Å². The summed E-state index contributed by atoms with van der Waals surface area (Å²) in [4.78, 5) is 20.1. The Balaban J connectivity index is 0.00000256. The SMILES string of the molecule is [Cl-].[NH3+]C(Cc1ccc(F)c([N+](=O)[O-])c1)C(=O)O. The predicted molar refractivity (Wildman–Crippen MR) is 51.1 cm³/mol. The molecule has 0 aromatic heterocycles. The van der Waals surface area contributed by atoms with Crippen LogP contribution in [-0.2, 0) is 11.2 Å². The highest BCUT2D eigenvalue weighted by Crippen LogP contribution is 2.18. The van der Waals surface area contributed by atoms with Gasteiger partial charge in [0.25, 0.3) is 0 Å². The molecular formula is C9H10ClFN2O4. The first kappa shape index (κ1) is 15.3. The molecule has 1 atom stereocenters. The molecule has 6 nitrogen and oxygen atoms in total. The maximum absolute atomic E-state index is 12.9. The fourth-order valence-electron chi connectivity index (χ4n) is 1.20. The maximum atomic E-state index is 12.9. The Morgan fingerprint density at radius 2 is 2.18 bits per heavy atom. The van der Waals surface area contributed by atoms with E-state index in [1.165, 1.54) is 6.07 Å². The number of carboxylic acids is 1. The molecule has 0 saturated heterocycles. The van der Waals surface area contributed by atoms with Crippen molar-refractivity contribution in [2.24, 2.45) is 0 Å². The van der Waals surface area contributed by atoms with Gasteiger partial charge in [-0.3, -0.25) is 10.1 Å². The highest BCUT2D eigenvalue weighted by molar-refractivity contribution is 5.72. The number of hydrogen-bond acceptors (Lipinski definition) is 3. The minimum Gasteiger partial charge on any atom is -1.00 e. The fourth-order valence-corrected chi connectivity index (χ4v) is 1.20. The lowest BCUT2D eigenvalue weighted by atomic mass is 10.1. The van der Waals surface area contributed by atoms with Gasteiger partial charge in [-0.2, -0.15) is 4.39 Å². The zero-order valence-electron chi connectivity index (χ0n) is 8.60. The number of benzene rings is 1. The van der Waals surface area contributed by atoms with Crippen LogP contribution in [0.1, 0.15) is 5.56 Å². The molecular weight excluding hydrogens is 255 g/mol. The van der Waals surface area contributed by atoms with Crippen molar-refractivity contribution in [3.8, 4) is 0 Å². The Morgan fingerprint density at radius 1 is 1.59 bits per heavy atom. The van der Waals surface area contributed by atoms with E-state index in [1.807, 2.05) is 0 Å². The largest absolute Gasteiger partial charge is 1.00 e. The van der Waals surface area contributed by atoms with Gasteiger partial charge in [-0.05, 0) is 11.6 Å². The summed E-state index contributed by atoms with van der Waals surface area (Å²) in [6.45, 7) is 0. The minimum atomic E-state index is -1.10. The van der Waals surface area contributed by atoms with Crippen molar-refractivity contribution in [1.29, 1.82) is 0 Å². The average molecular weight is 265 g/mol. The Kier molecular flexibility index (Phi) is 5.49. The summed E-state index contributed by atoms with van der Waals surface area (Å²) in [5.74, 6) is -2.04. The molecule has 1 aromatic rings. The molecule has 94 valence electrons. The minimum absolute atomic E-state index is 0. The van der Waals surface area contributed by atoms with Gasteiger partial charge in [0.2, 0.25) is 5.82 Å². The topological polar surface area (TPSA) is 108 Å². The van der Waals surface area contributed by atoms with E-state index < -0.39 is 28.4 Å². The van der Waals surface area contributed by atoms with Crippen LogP contribution in [0.3, 0.4) is 0 Å². The van der Waals surface area contributed by atoms with Crippen LogP contribution in [0.15, 0.2) is 18.2 Å². The first-order valence-corrected chi connectivity index (χ1v) is 4.40. The van der Waals surface area contributed by atoms with Crippen LogP contribution in [0.2, 0.25) is 0 Å². The van der Waals surface area contributed by atoms with Crippen molar-refractivity contribution < 1.29 is 37.4 Å². The van der Waals surface area contributed by atoms with E-state index >= 15 is 0 Å². The summed E-state index contributed by atoms with van der Waals surface area (Å²) in [6.07, 6.45) is 0.0243. The number of carbonyl (C=O) groups is 1. The summed E-state index contributed by atoms with van der Waals surface area (Å²) >= 11 is 0. The molecule has 0 spiro atoms. The number of aliphatic carboxylic acids is 1. The normalized spacial score (nSPS) is 11.4. The van der Waals surface area contributed by atoms with Gasteiger partial charge in [0.1, 0.15) is 0 Å². The summed E-state index contributed by atoms with van der Waals surface area (Å²) in [5.41, 5.74) is 3.08. The van der Waals surface area contributed by atoms with Crippen molar-refractivity contribution >= 4 is 11.7 Å². The second-order valence-electron chi connectivity index (χ2n) is 3.28. The van der Waals surface area contributed by atoms with Crippen LogP contribution in [0.25, 0.3) is 0 Å². The number of halogens is 2. The maximum Gasteiger partial charge on any atom is 0.362 e. The first-order chi connectivity index (χ1) is 7.41. The molecule has 0 aliphatic rings. The van der Waals surface area contributed by atoms with Crippen molar-refractivity contribution in [3.63, 3.8) is 0 Å². The highest BCUT2D eigenvalue weighted by Gasteiger charge is 2.19. The molecule has 0 aliphatic heterocycles. The molecule has 0 aliphatic carbocycles. The third-order valence-corrected chi connectivity index (χ3v) is 2.04. The summed E-state index contributed by atoms with van der Waals surface area (Å²) in [7, 11) is 0. The van der Waals surface area contributed by atoms with E-state index in [2.05, 4.69) is 5.73 Å². The number of nitrogens with zero attached hydrogens (tertiary/aromatic N) is 1. The van der Waals surface area contributed by atoms with Gasteiger partial charge in [0, 0.05) is 12.5 Å². The zero-order valence-corrected chi connectivity index (χ0v) is 9.35. The van der Waals surface area contributed by atoms with Gasteiger partial charge in [0.05, 0.1) is 4.92 Å². The fraction of sp³-hybridized carbons (Fsp3) is 0.222. The van der Waals surface area contributed by atoms with E-state index in [-0.39, 0.29) is 18.8 Å². The molecule has 8 heteroatoms. The molecule has 0 bridgehead atoms. The van der Waals surface area contributed by atoms with Gasteiger partial charge in [0.15, 0.2) is 6.04 Å². The smallest absolute Gasteiger partial charge is 0.362 e. The van der Waals surface area contributed by atoms with Crippen molar-refractivity contribution in [2.45, 2.75) is 12.5 Å². The number of carboxylic acid groups (broad SMARTS) is 1. The van der Waals surface area contributed by atoms with Crippen LogP contribution >= 0.6 is 0 Å². The molecule has 0 fully saturated rings. The third kappa shape index (κ3) is 3.97. The average Bonchev–Trinajstić information content (AvgIpc) is 2.20. The van der Waals surface area contributed by atoms with E-state index in [0.717, 1.165) is 12.1 Å². The van der Waals surface area contributed by atoms with Crippen LogP contribution in [0.5, 0.6) is 0 Å². The molecule has 0 amide bonds. The van der Waals surface area contributed by atoms with Gasteiger partial charge in [-0.1, -0.05) is 6.07 Å². The van der Waals surface area contributed by atoms with Gasteiger partial charge in [-0.25, -0.2) is 4.79 Å². The molecule has 0 heterocycles. The van der Waals surface area contributed by atoms with Crippen molar-refractivity contribution in [1.82, 2.24) is 0 Å². The lowest BCUT2D eigenvalue weighted by Gasteiger charge is -2.03. The number of hydrogen-bond donors (Lipinski definition) is 2. The van der Waals surface area contributed by atoms with E-state index in [9.17, 15) is 19.3 Å². The highest BCUT2D eigenvalue weighted by atomic mass is 35.5. The second-order valence-corrected chi connectivity index (χ2v) is 3.28. The van der Waals surface area contributed by atoms with Crippen molar-refractivity contribution in [2.75, 3.05) is 0 Å². The zero-order chi connectivity index (χ0) is 12.3. The molecule has 1 unspecified atom stereocenters. The van der Waals surface area contributed by atoms with Gasteiger partial charge in [-0.15, -0.1) is 0 Å². The quantitative estimate of drug-likeness (QED) is 0.446. The first-order valence-electron chi connectivity index (χ1n) is 4.40. The standard InChI is InChI=1S/C9H9FN2O4.ClH/c10-6-2-1-5(3-7(11)9(13)14)4-8(6)12(15)16;/h1-2,4,7H,3,11H2,(H,13,14);1H. The Hall–Kier alpha value is -1.73. The lowest BCUT2D eigenvalue weighted by Crippen LogP contribution is -3.00. The Morgan fingerprint density at radius 3 is 2.65 bits per heavy atom. The van der Waals surface area contributed by atoms with Crippen LogP contribution in [-0.4, -0.2) is 22.0 Å². The molecule has 4 N–H and O–H groups in total. The Bertz CT molecular complexity index is 441. The van der Waals surface area contributed by atoms with Crippen LogP contribution in [0.4, 0.5) is 10.1 Å². The molecule has 1 aromatic carbocycles. The van der Waals surface area contributed by atoms with E-state index in [4.69, 9.17) is 5.11 Å². The molecule has 1 rings (SSSR count). The number of nitro groups is 1. The van der Waals surface area contributed by atoms with E-state index in [1.54, 1.807) is 0 Å². The van der Waals surface area contributed by atoms with Crippen molar-refractivity contribution in [3.05, 3.63) is 39.7 Å². The lowest BCUT2D eigenvalue weighted by molar-refractivity contribution is -0.407. The predicted octanol–water partition coefficient (Wildman–Crippen LogP) is -3.02. The summed E-state index contributed by atoms with van der Waals surface area (Å²) < 4.78 is 12.9. The third-order valence-electron chi connectivity index (χ3n) is 2.04. The summed E-state index contributed by atoms with van der Waals surface area (Å²) in [5, 5.41) is 19.0. The monoisotopic (exact) mass is 264 g/mol. The summed E-state index contributed by atoms with van der Waals surface area (Å²) in [6, 6.07) is 2.37. The van der Waals surface area contributed by atoms with Crippen LogP contribution < -0.4 is 18.1 Å². The molecule has 0 saturated carbocycles. The molecule has 17 heavy (non-hydrogen) atoms. The van der Waals surface area contributed by atoms with Crippen LogP contribution in [0, 0.1) is 15.9 Å². The van der Waals surface area contributed by atoms with Gasteiger partial charge < -0.3 is 23.2 Å². The Labute approximate surface area is 102 Å². The molecule has 0 radical (unpaired) electrons. The number of nitro benzene ring substituents is 1. The number of quaternary nitrogens is 1. The second kappa shape index (κ2) is 6.12. The van der Waals surface area contributed by atoms with E-state index in [0.29, 0.717) is 5.56 Å². The number of rotatable bonds is 4.